The third-order valence-corrected chi connectivity index (χ3v) is 7.46. The minimum absolute atomic E-state index is 0.120. The van der Waals surface area contributed by atoms with Crippen LogP contribution < -0.4 is 29.6 Å². The van der Waals surface area contributed by atoms with Crippen molar-refractivity contribution < 1.29 is 23.7 Å². The molecule has 0 bridgehead atoms. The standard InChI is InChI=1S/C28H27BrN2O5S/c1-3-17-5-8-20(9-6-17)30-28-31-27(32)25(37-28)14-19-11-21(29)26(24(13-19)33-4-2)34-15-18-7-10-22-23(12-18)36-16-35-22/h5-14,28,30H,3-4,15-16H2,1-2H3,(H,31,32)/b25-14-/t28-/m1/s1. The first kappa shape index (κ1) is 25.4. The zero-order valence-electron chi connectivity index (χ0n) is 20.5. The number of benzene rings is 3. The molecule has 1 fully saturated rings. The zero-order chi connectivity index (χ0) is 25.8. The van der Waals surface area contributed by atoms with Crippen LogP contribution in [0.1, 0.15) is 30.5 Å². The molecule has 0 aliphatic carbocycles. The minimum Gasteiger partial charge on any atom is -0.490 e. The number of thioether (sulfide) groups is 1. The average Bonchev–Trinajstić information content (AvgIpc) is 3.49. The van der Waals surface area contributed by atoms with Crippen LogP contribution in [0.5, 0.6) is 23.0 Å². The van der Waals surface area contributed by atoms with Gasteiger partial charge < -0.3 is 29.6 Å². The number of anilines is 1. The first-order valence-electron chi connectivity index (χ1n) is 12.0. The van der Waals surface area contributed by atoms with Crippen molar-refractivity contribution in [3.05, 3.63) is 80.7 Å². The van der Waals surface area contributed by atoms with E-state index < -0.39 is 0 Å². The van der Waals surface area contributed by atoms with Crippen molar-refractivity contribution in [1.82, 2.24) is 5.32 Å². The summed E-state index contributed by atoms with van der Waals surface area (Å²) in [6.45, 7) is 5.09. The predicted octanol–water partition coefficient (Wildman–Crippen LogP) is 6.32. The number of amides is 1. The molecule has 5 rings (SSSR count). The molecule has 0 spiro atoms. The highest BCUT2D eigenvalue weighted by Gasteiger charge is 2.27. The summed E-state index contributed by atoms with van der Waals surface area (Å²) in [5.74, 6) is 2.52. The van der Waals surface area contributed by atoms with Crippen molar-refractivity contribution in [1.29, 1.82) is 0 Å². The van der Waals surface area contributed by atoms with Crippen molar-refractivity contribution in [3.8, 4) is 23.0 Å². The summed E-state index contributed by atoms with van der Waals surface area (Å²) in [5, 5.41) is 6.34. The van der Waals surface area contributed by atoms with E-state index in [1.54, 1.807) is 0 Å². The molecule has 3 aromatic carbocycles. The number of carbonyl (C=O) groups excluding carboxylic acids is 1. The summed E-state index contributed by atoms with van der Waals surface area (Å²) in [7, 11) is 0. The Labute approximate surface area is 228 Å². The lowest BCUT2D eigenvalue weighted by Gasteiger charge is -2.15. The lowest BCUT2D eigenvalue weighted by atomic mass is 10.1. The maximum Gasteiger partial charge on any atom is 0.260 e. The molecule has 1 saturated heterocycles. The zero-order valence-corrected chi connectivity index (χ0v) is 22.9. The third kappa shape index (κ3) is 5.99. The molecule has 7 nitrogen and oxygen atoms in total. The van der Waals surface area contributed by atoms with E-state index in [-0.39, 0.29) is 18.2 Å². The molecular weight excluding hydrogens is 556 g/mol. The van der Waals surface area contributed by atoms with E-state index in [1.807, 2.05) is 55.5 Å². The van der Waals surface area contributed by atoms with Gasteiger partial charge in [-0.1, -0.05) is 36.9 Å². The molecule has 0 aromatic heterocycles. The Kier molecular flexibility index (Phi) is 7.81. The number of nitrogens with one attached hydrogen (secondary N) is 2. The number of ether oxygens (including phenoxy) is 4. The first-order valence-corrected chi connectivity index (χ1v) is 13.7. The highest BCUT2D eigenvalue weighted by atomic mass is 79.9. The van der Waals surface area contributed by atoms with Crippen molar-refractivity contribution in [3.63, 3.8) is 0 Å². The van der Waals surface area contributed by atoms with Crippen LogP contribution in [0, 0.1) is 0 Å². The number of fused-ring (bicyclic) bond motifs is 1. The Balaban J connectivity index is 1.30. The lowest BCUT2D eigenvalue weighted by Crippen LogP contribution is -2.30. The van der Waals surface area contributed by atoms with Crippen molar-refractivity contribution in [2.24, 2.45) is 0 Å². The maximum absolute atomic E-state index is 12.7. The molecule has 192 valence electrons. The number of hydrogen-bond acceptors (Lipinski definition) is 7. The third-order valence-electron chi connectivity index (χ3n) is 5.84. The van der Waals surface area contributed by atoms with Gasteiger partial charge in [0.1, 0.15) is 6.61 Å². The van der Waals surface area contributed by atoms with E-state index in [1.165, 1.54) is 17.3 Å². The summed E-state index contributed by atoms with van der Waals surface area (Å²) in [4.78, 5) is 13.3. The molecular formula is C28H27BrN2O5S. The summed E-state index contributed by atoms with van der Waals surface area (Å²) < 4.78 is 23.6. The Hall–Kier alpha value is -3.30. The first-order chi connectivity index (χ1) is 18.0. The van der Waals surface area contributed by atoms with Gasteiger partial charge in [0.05, 0.1) is 16.0 Å². The molecule has 0 unspecified atom stereocenters. The number of hydrogen-bond donors (Lipinski definition) is 2. The summed E-state index contributed by atoms with van der Waals surface area (Å²) in [6, 6.07) is 17.8. The fraction of sp³-hybridized carbons (Fsp3) is 0.250. The smallest absolute Gasteiger partial charge is 0.260 e. The van der Waals surface area contributed by atoms with Gasteiger partial charge in [-0.2, -0.15) is 0 Å². The lowest BCUT2D eigenvalue weighted by molar-refractivity contribution is -0.116. The van der Waals surface area contributed by atoms with Crippen LogP contribution >= 0.6 is 27.7 Å². The number of rotatable bonds is 9. The molecule has 0 radical (unpaired) electrons. The van der Waals surface area contributed by atoms with Crippen molar-refractivity contribution in [2.45, 2.75) is 32.4 Å². The molecule has 0 saturated carbocycles. The monoisotopic (exact) mass is 582 g/mol. The largest absolute Gasteiger partial charge is 0.490 e. The number of aryl methyl sites for hydroxylation is 1. The van der Waals surface area contributed by atoms with Gasteiger partial charge >= 0.3 is 0 Å². The number of carbonyl (C=O) groups is 1. The van der Waals surface area contributed by atoms with Gasteiger partial charge in [0.2, 0.25) is 6.79 Å². The van der Waals surface area contributed by atoms with Gasteiger partial charge in [0, 0.05) is 5.69 Å². The molecule has 1 amide bonds. The number of halogens is 1. The second kappa shape index (κ2) is 11.4. The summed E-state index contributed by atoms with van der Waals surface area (Å²) in [5.41, 5.74) is 3.77. The minimum atomic E-state index is -0.245. The van der Waals surface area contributed by atoms with Crippen molar-refractivity contribution in [2.75, 3.05) is 18.7 Å². The quantitative estimate of drug-likeness (QED) is 0.286. The van der Waals surface area contributed by atoms with E-state index in [9.17, 15) is 4.79 Å². The van der Waals surface area contributed by atoms with Gasteiger partial charge in [-0.25, -0.2) is 0 Å². The second-order valence-electron chi connectivity index (χ2n) is 8.41. The van der Waals surface area contributed by atoms with E-state index in [0.29, 0.717) is 35.4 Å². The van der Waals surface area contributed by atoms with E-state index in [2.05, 4.69) is 45.6 Å². The van der Waals surface area contributed by atoms with Crippen LogP contribution in [0.3, 0.4) is 0 Å². The Morgan fingerprint density at radius 2 is 1.84 bits per heavy atom. The van der Waals surface area contributed by atoms with Gasteiger partial charge in [-0.3, -0.25) is 4.79 Å². The summed E-state index contributed by atoms with van der Waals surface area (Å²) in [6.07, 6.45) is 2.85. The van der Waals surface area contributed by atoms with Crippen LogP contribution in [0.25, 0.3) is 6.08 Å². The Morgan fingerprint density at radius 1 is 1.05 bits per heavy atom. The van der Waals surface area contributed by atoms with E-state index in [0.717, 1.165) is 33.5 Å². The fourth-order valence-corrected chi connectivity index (χ4v) is 5.52. The maximum atomic E-state index is 12.7. The fourth-order valence-electron chi connectivity index (χ4n) is 3.97. The Bertz CT molecular complexity index is 1330. The highest BCUT2D eigenvalue weighted by molar-refractivity contribution is 9.10. The molecule has 2 aliphatic rings. The van der Waals surface area contributed by atoms with Crippen LogP contribution in [-0.4, -0.2) is 24.8 Å². The van der Waals surface area contributed by atoms with Gasteiger partial charge in [-0.05, 0) is 88.4 Å². The van der Waals surface area contributed by atoms with Gasteiger partial charge in [0.15, 0.2) is 28.5 Å². The van der Waals surface area contributed by atoms with Gasteiger partial charge in [-0.15, -0.1) is 0 Å². The molecule has 2 N–H and O–H groups in total. The Morgan fingerprint density at radius 3 is 2.62 bits per heavy atom. The van der Waals surface area contributed by atoms with Crippen molar-refractivity contribution >= 4 is 45.4 Å². The van der Waals surface area contributed by atoms with E-state index >= 15 is 0 Å². The van der Waals surface area contributed by atoms with Crippen LogP contribution in [0.4, 0.5) is 5.69 Å². The van der Waals surface area contributed by atoms with E-state index in [4.69, 9.17) is 18.9 Å². The summed E-state index contributed by atoms with van der Waals surface area (Å²) >= 11 is 5.07. The topological polar surface area (TPSA) is 78.1 Å². The second-order valence-corrected chi connectivity index (χ2v) is 10.4. The molecule has 9 heteroatoms. The SMILES string of the molecule is CCOc1cc(/C=C2\S[C@H](Nc3ccc(CC)cc3)NC2=O)cc(Br)c1OCc1ccc2c(c1)OCO2. The van der Waals surface area contributed by atoms with Gasteiger partial charge in [0.25, 0.3) is 5.91 Å². The highest BCUT2D eigenvalue weighted by Crippen LogP contribution is 2.40. The predicted molar refractivity (Wildman–Crippen MR) is 149 cm³/mol. The molecule has 3 aromatic rings. The van der Waals surface area contributed by atoms with Crippen LogP contribution in [0.2, 0.25) is 0 Å². The normalized spacial score (nSPS) is 17.1. The molecule has 37 heavy (non-hydrogen) atoms. The average molecular weight is 584 g/mol. The van der Waals surface area contributed by atoms with Crippen LogP contribution in [0.15, 0.2) is 64.0 Å². The molecule has 2 aliphatic heterocycles. The molecule has 1 atom stereocenters. The van der Waals surface area contributed by atoms with Crippen LogP contribution in [-0.2, 0) is 17.8 Å². The molecule has 2 heterocycles.